The zero-order chi connectivity index (χ0) is 39.8. The monoisotopic (exact) mass is 792 g/mol. The first-order chi connectivity index (χ1) is 27.7. The van der Waals surface area contributed by atoms with Crippen molar-refractivity contribution < 1.29 is 23.4 Å². The van der Waals surface area contributed by atoms with Crippen molar-refractivity contribution in [2.75, 3.05) is 39.3 Å². The number of piperazine rings is 1. The maximum absolute atomic E-state index is 13.6. The number of aryl methyl sites for hydroxylation is 1. The summed E-state index contributed by atoms with van der Waals surface area (Å²) in [6, 6.07) is 29.7. The predicted octanol–water partition coefficient (Wildman–Crippen LogP) is 7.30. The Labute approximate surface area is 336 Å². The number of aromatic amines is 1. The Bertz CT molecular complexity index is 2250. The second-order valence-electron chi connectivity index (χ2n) is 15.6. The van der Waals surface area contributed by atoms with Crippen LogP contribution in [0.5, 0.6) is 11.5 Å². The molecule has 0 spiro atoms. The highest BCUT2D eigenvalue weighted by atomic mass is 32.2. The topological polar surface area (TPSA) is 135 Å². The third-order valence-electron chi connectivity index (χ3n) is 11.9. The van der Waals surface area contributed by atoms with Crippen molar-refractivity contribution in [3.63, 3.8) is 0 Å². The fourth-order valence-electron chi connectivity index (χ4n) is 8.40. The maximum Gasteiger partial charge on any atom is 0.248 e. The van der Waals surface area contributed by atoms with Gasteiger partial charge in [-0.2, -0.15) is 0 Å². The van der Waals surface area contributed by atoms with Crippen LogP contribution in [0.4, 0.5) is 0 Å². The first kappa shape index (κ1) is 40.7. The number of ether oxygens (including phenoxy) is 1. The number of nitrogens with zero attached hydrogens (tertiary/aromatic N) is 2. The molecule has 2 aliphatic rings. The molecule has 1 aliphatic heterocycles. The van der Waals surface area contributed by atoms with Crippen molar-refractivity contribution in [3.8, 4) is 11.5 Å². The summed E-state index contributed by atoms with van der Waals surface area (Å²) in [4.78, 5) is 20.1. The molecule has 5 aromatic rings. The molecule has 1 aliphatic carbocycles. The van der Waals surface area contributed by atoms with E-state index in [0.717, 1.165) is 62.6 Å². The molecule has 4 aromatic carbocycles. The third-order valence-corrected chi connectivity index (χ3v) is 13.6. The molecule has 1 saturated heterocycles. The van der Waals surface area contributed by atoms with E-state index in [4.69, 9.17) is 4.74 Å². The number of sulfone groups is 1. The van der Waals surface area contributed by atoms with Gasteiger partial charge in [0.15, 0.2) is 0 Å². The van der Waals surface area contributed by atoms with Crippen LogP contribution < -0.4 is 15.6 Å². The summed E-state index contributed by atoms with van der Waals surface area (Å²) in [6.07, 6.45) is 8.60. The molecule has 57 heavy (non-hydrogen) atoms. The lowest BCUT2D eigenvalue weighted by molar-refractivity contribution is 0.0602. The van der Waals surface area contributed by atoms with Crippen LogP contribution in [0.15, 0.2) is 112 Å². The van der Waals surface area contributed by atoms with Crippen molar-refractivity contribution in [1.29, 1.82) is 0 Å². The van der Waals surface area contributed by atoms with Crippen molar-refractivity contribution in [1.82, 2.24) is 20.1 Å². The summed E-state index contributed by atoms with van der Waals surface area (Å²) < 4.78 is 33.2. The van der Waals surface area contributed by atoms with E-state index < -0.39 is 15.9 Å². The minimum absolute atomic E-state index is 0.0343. The molecule has 0 bridgehead atoms. The van der Waals surface area contributed by atoms with Crippen LogP contribution in [0.3, 0.4) is 0 Å². The Morgan fingerprint density at radius 1 is 0.842 bits per heavy atom. The molecule has 10 nitrogen and oxygen atoms in total. The molecule has 0 radical (unpaired) electrons. The van der Waals surface area contributed by atoms with Gasteiger partial charge in [-0.25, -0.2) is 8.42 Å². The third kappa shape index (κ3) is 10.1. The average Bonchev–Trinajstić information content (AvgIpc) is 3.24. The number of aromatic hydroxyl groups is 1. The highest BCUT2D eigenvalue weighted by molar-refractivity contribution is 7.91. The zero-order valence-electron chi connectivity index (χ0n) is 32.9. The average molecular weight is 793 g/mol. The van der Waals surface area contributed by atoms with Gasteiger partial charge in [-0.05, 0) is 104 Å². The quantitative estimate of drug-likeness (QED) is 0.0760. The number of pyridine rings is 1. The molecular weight excluding hydrogens is 737 g/mol. The number of rotatable bonds is 16. The molecule has 7 rings (SSSR count). The Hall–Kier alpha value is -4.52. The molecule has 2 fully saturated rings. The van der Waals surface area contributed by atoms with Crippen LogP contribution in [0.25, 0.3) is 10.9 Å². The molecule has 0 unspecified atom stereocenters. The highest BCUT2D eigenvalue weighted by Crippen LogP contribution is 2.31. The van der Waals surface area contributed by atoms with Crippen LogP contribution in [0, 0.1) is 0 Å². The number of H-pyrrole nitrogens is 1. The van der Waals surface area contributed by atoms with E-state index >= 15 is 0 Å². The van der Waals surface area contributed by atoms with Crippen molar-refractivity contribution >= 4 is 20.7 Å². The largest absolute Gasteiger partial charge is 0.506 e. The van der Waals surface area contributed by atoms with Crippen LogP contribution in [0.1, 0.15) is 86.3 Å². The van der Waals surface area contributed by atoms with E-state index in [1.807, 2.05) is 12.1 Å². The van der Waals surface area contributed by atoms with Crippen LogP contribution in [0.2, 0.25) is 0 Å². The maximum atomic E-state index is 13.6. The molecule has 2 heterocycles. The van der Waals surface area contributed by atoms with E-state index in [9.17, 15) is 23.4 Å². The lowest BCUT2D eigenvalue weighted by Crippen LogP contribution is -2.51. The number of phenolic OH excluding ortho intramolecular Hbond substituents is 1. The molecule has 4 N–H and O–H groups in total. The second-order valence-corrected chi connectivity index (χ2v) is 17.6. The molecule has 11 heteroatoms. The van der Waals surface area contributed by atoms with E-state index in [2.05, 4.69) is 51.3 Å². The fraction of sp³-hybridized carbons (Fsp3) is 0.413. The van der Waals surface area contributed by atoms with Gasteiger partial charge in [-0.15, -0.1) is 0 Å². The van der Waals surface area contributed by atoms with Crippen molar-refractivity contribution in [3.05, 3.63) is 130 Å². The van der Waals surface area contributed by atoms with Gasteiger partial charge in [-0.3, -0.25) is 14.6 Å². The summed E-state index contributed by atoms with van der Waals surface area (Å²) in [6.45, 7) is 7.90. The number of unbranched alkanes of at least 4 members (excludes halogenated alkanes) is 1. The van der Waals surface area contributed by atoms with E-state index in [0.29, 0.717) is 46.8 Å². The van der Waals surface area contributed by atoms with E-state index in [1.54, 1.807) is 48.5 Å². The predicted molar refractivity (Wildman–Crippen MR) is 225 cm³/mol. The zero-order valence-corrected chi connectivity index (χ0v) is 33.7. The lowest BCUT2D eigenvalue weighted by Gasteiger charge is -2.42. The highest BCUT2D eigenvalue weighted by Gasteiger charge is 2.28. The number of benzene rings is 4. The minimum Gasteiger partial charge on any atom is -0.506 e. The van der Waals surface area contributed by atoms with E-state index in [1.165, 1.54) is 49.8 Å². The first-order valence-corrected chi connectivity index (χ1v) is 22.0. The van der Waals surface area contributed by atoms with Gasteiger partial charge in [0.05, 0.1) is 28.0 Å². The van der Waals surface area contributed by atoms with Gasteiger partial charge >= 0.3 is 0 Å². The Balaban J connectivity index is 0.827. The van der Waals surface area contributed by atoms with Crippen LogP contribution in [-0.2, 0) is 22.8 Å². The van der Waals surface area contributed by atoms with E-state index in [-0.39, 0.29) is 22.2 Å². The minimum atomic E-state index is -3.69. The van der Waals surface area contributed by atoms with Gasteiger partial charge in [0, 0.05) is 62.8 Å². The van der Waals surface area contributed by atoms with Crippen molar-refractivity contribution in [2.45, 2.75) is 92.8 Å². The first-order valence-electron chi connectivity index (χ1n) is 20.5. The normalized spacial score (nSPS) is 17.1. The molecule has 0 amide bonds. The van der Waals surface area contributed by atoms with Gasteiger partial charge in [0.2, 0.25) is 15.4 Å². The number of hydrogen-bond acceptors (Lipinski definition) is 9. The van der Waals surface area contributed by atoms with Gasteiger partial charge in [-0.1, -0.05) is 67.8 Å². The number of aliphatic hydroxyl groups is 1. The SMILES string of the molecule is C[C@@H](c1ccc(S(=O)(=O)c2cccc(OCCCCc3ccc(CNC[C@H](O)c4ccc(O)c5[nH]c(=O)ccc45)cc3)c2)cc1)N1CCN(C2CCCCC2)CC1. The van der Waals surface area contributed by atoms with Gasteiger partial charge < -0.3 is 25.3 Å². The Morgan fingerprint density at radius 3 is 2.33 bits per heavy atom. The molecule has 1 saturated carbocycles. The number of phenols is 1. The van der Waals surface area contributed by atoms with Crippen LogP contribution in [-0.4, -0.2) is 78.8 Å². The molecule has 1 aromatic heterocycles. The summed E-state index contributed by atoms with van der Waals surface area (Å²) in [5.41, 5.74) is 4.08. The summed E-state index contributed by atoms with van der Waals surface area (Å²) >= 11 is 0. The molecular formula is C46H56N4O6S. The number of aromatic nitrogens is 1. The summed E-state index contributed by atoms with van der Waals surface area (Å²) in [5.74, 6) is 0.511. The number of fused-ring (bicyclic) bond motifs is 1. The summed E-state index contributed by atoms with van der Waals surface area (Å²) in [7, 11) is -3.69. The standard InChI is InChI=1S/C46H56N4O6S/c1-33(49-25-27-50(28-26-49)37-9-3-2-4-10-37)36-17-19-39(20-18-36)57(54,55)40-12-7-11-38(30-40)56-29-6-5-8-34-13-15-35(16-14-34)31-47-32-44(52)41-21-23-43(51)46-42(41)22-24-45(53)48-46/h7,11-24,30,33,37,44,47,51-52H,2-6,8-10,25-29,31-32H2,1H3,(H,48,53)/t33-,44-/m0/s1. The smallest absolute Gasteiger partial charge is 0.248 e. The second kappa shape index (κ2) is 18.8. The van der Waals surface area contributed by atoms with Crippen LogP contribution >= 0.6 is 0 Å². The van der Waals surface area contributed by atoms with Crippen molar-refractivity contribution in [2.24, 2.45) is 0 Å². The number of nitrogens with one attached hydrogen (secondary N) is 2. The number of hydrogen-bond donors (Lipinski definition) is 4. The Morgan fingerprint density at radius 2 is 1.58 bits per heavy atom. The van der Waals surface area contributed by atoms with Gasteiger partial charge in [0.1, 0.15) is 11.5 Å². The molecule has 2 atom stereocenters. The number of aliphatic hydroxyl groups excluding tert-OH is 1. The summed E-state index contributed by atoms with van der Waals surface area (Å²) in [5, 5.41) is 24.8. The fourth-order valence-corrected chi connectivity index (χ4v) is 9.69. The lowest BCUT2D eigenvalue weighted by atomic mass is 9.93. The Kier molecular flexibility index (Phi) is 13.4. The van der Waals surface area contributed by atoms with Gasteiger partial charge in [0.25, 0.3) is 0 Å². The molecule has 302 valence electrons.